The Morgan fingerprint density at radius 2 is 2.18 bits per heavy atom. The van der Waals surface area contributed by atoms with Crippen molar-refractivity contribution in [2.45, 2.75) is 51.9 Å². The Morgan fingerprint density at radius 3 is 2.95 bits per heavy atom. The van der Waals surface area contributed by atoms with Crippen LogP contribution in [0.2, 0.25) is 0 Å². The lowest BCUT2D eigenvalue weighted by atomic mass is 9.89. The van der Waals surface area contributed by atoms with E-state index in [9.17, 15) is 5.11 Å². The van der Waals surface area contributed by atoms with Crippen LogP contribution >= 0.6 is 0 Å². The summed E-state index contributed by atoms with van der Waals surface area (Å²) in [6.07, 6.45) is 2.80. The topological polar surface area (TPSA) is 60.2 Å². The van der Waals surface area contributed by atoms with E-state index >= 15 is 0 Å². The summed E-state index contributed by atoms with van der Waals surface area (Å²) < 4.78 is 7.71. The molecular weight excluding hydrogens is 278 g/mol. The predicted molar refractivity (Wildman–Crippen MR) is 83.6 cm³/mol. The molecule has 1 aromatic heterocycles. The number of aromatic nitrogens is 3. The van der Waals surface area contributed by atoms with Gasteiger partial charge in [0, 0.05) is 0 Å². The van der Waals surface area contributed by atoms with Crippen LogP contribution in [0.1, 0.15) is 41.7 Å². The molecule has 0 aliphatic heterocycles. The van der Waals surface area contributed by atoms with Crippen molar-refractivity contribution in [2.75, 3.05) is 6.61 Å². The van der Waals surface area contributed by atoms with E-state index in [-0.39, 0.29) is 6.10 Å². The Labute approximate surface area is 131 Å². The van der Waals surface area contributed by atoms with Crippen molar-refractivity contribution in [2.24, 2.45) is 0 Å². The van der Waals surface area contributed by atoms with Crippen LogP contribution in [0.4, 0.5) is 0 Å². The van der Waals surface area contributed by atoms with Crippen molar-refractivity contribution in [1.29, 1.82) is 0 Å². The van der Waals surface area contributed by atoms with Crippen LogP contribution in [0.15, 0.2) is 24.3 Å². The van der Waals surface area contributed by atoms with E-state index in [0.717, 1.165) is 30.9 Å². The van der Waals surface area contributed by atoms with Crippen LogP contribution in [0, 0.1) is 13.8 Å². The number of fused-ring (bicyclic) bond motifs is 1. The second kappa shape index (κ2) is 6.58. The maximum atomic E-state index is 10.2. The minimum Gasteiger partial charge on any atom is -0.389 e. The molecule has 1 aromatic carbocycles. The van der Waals surface area contributed by atoms with Gasteiger partial charge in [0.05, 0.1) is 25.4 Å². The zero-order valence-electron chi connectivity index (χ0n) is 13.2. The Balaban J connectivity index is 1.58. The molecule has 5 heteroatoms. The first-order chi connectivity index (χ1) is 10.6. The van der Waals surface area contributed by atoms with E-state index in [1.54, 1.807) is 4.68 Å². The van der Waals surface area contributed by atoms with E-state index in [1.807, 2.05) is 13.8 Å². The third kappa shape index (κ3) is 3.36. The van der Waals surface area contributed by atoms with E-state index in [2.05, 4.69) is 34.3 Å². The Bertz CT molecular complexity index is 639. The van der Waals surface area contributed by atoms with Crippen molar-refractivity contribution in [1.82, 2.24) is 14.8 Å². The standard InChI is InChI=1S/C17H23N3O2/c1-12-18-13(2)20(19-12)10-15(21)11-22-17-9-5-7-14-6-3-4-8-16(14)17/h3-4,6,8,15,17,21H,5,7,9-11H2,1-2H3/t15-,17-/m1/s1. The van der Waals surface area contributed by atoms with Gasteiger partial charge < -0.3 is 9.84 Å². The van der Waals surface area contributed by atoms with Gasteiger partial charge in [0.2, 0.25) is 0 Å². The van der Waals surface area contributed by atoms with E-state index < -0.39 is 6.10 Å². The molecule has 118 valence electrons. The highest BCUT2D eigenvalue weighted by molar-refractivity contribution is 5.31. The van der Waals surface area contributed by atoms with E-state index in [1.165, 1.54) is 11.1 Å². The minimum atomic E-state index is -0.575. The highest BCUT2D eigenvalue weighted by Gasteiger charge is 2.21. The number of aliphatic hydroxyl groups is 1. The molecule has 2 atom stereocenters. The van der Waals surface area contributed by atoms with Gasteiger partial charge in [-0.1, -0.05) is 24.3 Å². The molecule has 0 bridgehead atoms. The fraction of sp³-hybridized carbons (Fsp3) is 0.529. The van der Waals surface area contributed by atoms with Crippen molar-refractivity contribution in [3.05, 3.63) is 47.0 Å². The summed E-state index contributed by atoms with van der Waals surface area (Å²) >= 11 is 0. The van der Waals surface area contributed by atoms with Gasteiger partial charge in [0.1, 0.15) is 11.6 Å². The summed E-state index contributed by atoms with van der Waals surface area (Å²) in [6.45, 7) is 4.48. The van der Waals surface area contributed by atoms with Crippen LogP contribution < -0.4 is 0 Å². The van der Waals surface area contributed by atoms with E-state index in [0.29, 0.717) is 13.2 Å². The van der Waals surface area contributed by atoms with Crippen LogP contribution in [0.25, 0.3) is 0 Å². The Hall–Kier alpha value is -1.72. The maximum Gasteiger partial charge on any atom is 0.147 e. The summed E-state index contributed by atoms with van der Waals surface area (Å²) in [5.74, 6) is 1.55. The summed E-state index contributed by atoms with van der Waals surface area (Å²) in [5, 5.41) is 14.5. The summed E-state index contributed by atoms with van der Waals surface area (Å²) in [6, 6.07) is 8.43. The molecule has 0 saturated heterocycles. The van der Waals surface area contributed by atoms with Crippen molar-refractivity contribution in [3.8, 4) is 0 Å². The molecular formula is C17H23N3O2. The number of ether oxygens (including phenoxy) is 1. The second-order valence-corrected chi connectivity index (χ2v) is 5.96. The third-order valence-corrected chi connectivity index (χ3v) is 4.15. The van der Waals surface area contributed by atoms with Crippen LogP contribution in [0.5, 0.6) is 0 Å². The molecule has 3 rings (SSSR count). The summed E-state index contributed by atoms with van der Waals surface area (Å²) in [4.78, 5) is 4.24. The molecule has 2 aromatic rings. The number of nitrogens with zero attached hydrogens (tertiary/aromatic N) is 3. The smallest absolute Gasteiger partial charge is 0.147 e. The largest absolute Gasteiger partial charge is 0.389 e. The lowest BCUT2D eigenvalue weighted by Crippen LogP contribution is -2.25. The van der Waals surface area contributed by atoms with Crippen molar-refractivity contribution >= 4 is 0 Å². The number of hydrogen-bond donors (Lipinski definition) is 1. The molecule has 5 nitrogen and oxygen atoms in total. The summed E-state index contributed by atoms with van der Waals surface area (Å²) in [7, 11) is 0. The van der Waals surface area contributed by atoms with Gasteiger partial charge in [-0.2, -0.15) is 5.10 Å². The molecule has 0 unspecified atom stereocenters. The predicted octanol–water partition coefficient (Wildman–Crippen LogP) is 2.35. The Morgan fingerprint density at radius 1 is 1.36 bits per heavy atom. The number of aliphatic hydroxyl groups excluding tert-OH is 1. The molecule has 1 heterocycles. The van der Waals surface area contributed by atoms with Gasteiger partial charge in [-0.05, 0) is 44.2 Å². The fourth-order valence-electron chi connectivity index (χ4n) is 3.10. The zero-order chi connectivity index (χ0) is 15.5. The van der Waals surface area contributed by atoms with Crippen molar-refractivity contribution in [3.63, 3.8) is 0 Å². The zero-order valence-corrected chi connectivity index (χ0v) is 13.2. The fourth-order valence-corrected chi connectivity index (χ4v) is 3.10. The first-order valence-electron chi connectivity index (χ1n) is 7.89. The summed E-state index contributed by atoms with van der Waals surface area (Å²) in [5.41, 5.74) is 2.64. The Kier molecular flexibility index (Phi) is 4.55. The average Bonchev–Trinajstić information content (AvgIpc) is 2.82. The number of rotatable bonds is 5. The molecule has 0 amide bonds. The molecule has 0 spiro atoms. The number of benzene rings is 1. The molecule has 1 aliphatic rings. The van der Waals surface area contributed by atoms with Gasteiger partial charge in [0.15, 0.2) is 0 Å². The first-order valence-corrected chi connectivity index (χ1v) is 7.89. The quantitative estimate of drug-likeness (QED) is 0.921. The highest BCUT2D eigenvalue weighted by Crippen LogP contribution is 2.32. The highest BCUT2D eigenvalue weighted by atomic mass is 16.5. The molecule has 0 fully saturated rings. The minimum absolute atomic E-state index is 0.0955. The van der Waals surface area contributed by atoms with Crippen molar-refractivity contribution < 1.29 is 9.84 Å². The third-order valence-electron chi connectivity index (χ3n) is 4.15. The molecule has 1 aliphatic carbocycles. The lowest BCUT2D eigenvalue weighted by molar-refractivity contribution is -0.0238. The van der Waals surface area contributed by atoms with Crippen LogP contribution in [-0.2, 0) is 17.7 Å². The molecule has 22 heavy (non-hydrogen) atoms. The first kappa shape index (κ1) is 15.2. The van der Waals surface area contributed by atoms with Gasteiger partial charge in [-0.15, -0.1) is 0 Å². The van der Waals surface area contributed by atoms with Crippen LogP contribution in [-0.4, -0.2) is 32.6 Å². The average molecular weight is 301 g/mol. The SMILES string of the molecule is Cc1nc(C)n(C[C@@H](O)CO[C@@H]2CCCc3ccccc32)n1. The number of aryl methyl sites for hydroxylation is 3. The van der Waals surface area contributed by atoms with Gasteiger partial charge in [0.25, 0.3) is 0 Å². The van der Waals surface area contributed by atoms with Gasteiger partial charge in [-0.3, -0.25) is 0 Å². The maximum absolute atomic E-state index is 10.2. The second-order valence-electron chi connectivity index (χ2n) is 5.96. The van der Waals surface area contributed by atoms with E-state index in [4.69, 9.17) is 4.74 Å². The van der Waals surface area contributed by atoms with Crippen LogP contribution in [0.3, 0.4) is 0 Å². The van der Waals surface area contributed by atoms with Gasteiger partial charge >= 0.3 is 0 Å². The molecule has 0 radical (unpaired) electrons. The normalized spacial score (nSPS) is 19.0. The molecule has 1 N–H and O–H groups in total. The number of hydrogen-bond acceptors (Lipinski definition) is 4. The van der Waals surface area contributed by atoms with Gasteiger partial charge in [-0.25, -0.2) is 9.67 Å². The monoisotopic (exact) mass is 301 g/mol. The lowest BCUT2D eigenvalue weighted by Gasteiger charge is -2.26. The molecule has 0 saturated carbocycles.